The van der Waals surface area contributed by atoms with E-state index >= 15 is 0 Å². The Morgan fingerprint density at radius 3 is 2.39 bits per heavy atom. The van der Waals surface area contributed by atoms with Gasteiger partial charge in [0.2, 0.25) is 11.8 Å². The number of halogens is 5. The molecular formula is C23H23F5N4O3S. The topological polar surface area (TPSA) is 105 Å². The number of aromatic nitrogens is 2. The van der Waals surface area contributed by atoms with E-state index in [0.29, 0.717) is 23.1 Å². The summed E-state index contributed by atoms with van der Waals surface area (Å²) in [5.74, 6) is -6.17. The van der Waals surface area contributed by atoms with Gasteiger partial charge in [-0.2, -0.15) is 23.5 Å². The molecular weight excluding hydrogens is 507 g/mol. The zero-order chi connectivity index (χ0) is 26.5. The average Bonchev–Trinajstić information content (AvgIpc) is 3.42. The molecule has 1 aromatic heterocycles. The Bertz CT molecular complexity index is 1310. The Morgan fingerprint density at radius 1 is 1.22 bits per heavy atom. The number of alkyl halides is 5. The van der Waals surface area contributed by atoms with Crippen LogP contribution in [0.25, 0.3) is 11.1 Å². The van der Waals surface area contributed by atoms with Gasteiger partial charge in [0.1, 0.15) is 12.1 Å². The number of nitriles is 1. The van der Waals surface area contributed by atoms with Crippen LogP contribution in [0.2, 0.25) is 0 Å². The Kier molecular flexibility index (Phi) is 6.39. The molecule has 13 heteroatoms. The predicted molar refractivity (Wildman–Crippen MR) is 118 cm³/mol. The molecule has 2 unspecified atom stereocenters. The fraction of sp³-hybridized carbons (Fsp3) is 0.522. The van der Waals surface area contributed by atoms with Crippen LogP contribution in [0.5, 0.6) is 0 Å². The Balaban J connectivity index is 1.76. The van der Waals surface area contributed by atoms with E-state index in [4.69, 9.17) is 0 Å². The second-order valence-corrected chi connectivity index (χ2v) is 11.5. The third kappa shape index (κ3) is 5.69. The van der Waals surface area contributed by atoms with Gasteiger partial charge in [0, 0.05) is 36.8 Å². The molecule has 2 saturated carbocycles. The van der Waals surface area contributed by atoms with E-state index in [1.165, 1.54) is 24.3 Å². The molecule has 2 atom stereocenters. The summed E-state index contributed by atoms with van der Waals surface area (Å²) in [6.07, 6.45) is -3.31. The minimum absolute atomic E-state index is 0.00344. The van der Waals surface area contributed by atoms with E-state index in [1.54, 1.807) is 0 Å². The van der Waals surface area contributed by atoms with Gasteiger partial charge >= 0.3 is 6.18 Å². The highest BCUT2D eigenvalue weighted by molar-refractivity contribution is 7.90. The zero-order valence-electron chi connectivity index (χ0n) is 19.1. The third-order valence-corrected chi connectivity index (χ3v) is 7.69. The van der Waals surface area contributed by atoms with Crippen LogP contribution in [-0.2, 0) is 21.2 Å². The molecule has 2 aliphatic carbocycles. The van der Waals surface area contributed by atoms with Crippen LogP contribution >= 0.6 is 0 Å². The van der Waals surface area contributed by atoms with E-state index in [1.807, 2.05) is 6.07 Å². The monoisotopic (exact) mass is 530 g/mol. The number of rotatable bonds is 6. The van der Waals surface area contributed by atoms with E-state index in [2.05, 4.69) is 10.4 Å². The quantitative estimate of drug-likeness (QED) is 0.564. The smallest absolute Gasteiger partial charge is 0.338 e. The minimum Gasteiger partial charge on any atom is -0.338 e. The first-order chi connectivity index (χ1) is 16.6. The van der Waals surface area contributed by atoms with Gasteiger partial charge in [0.15, 0.2) is 9.84 Å². The lowest BCUT2D eigenvalue weighted by Gasteiger charge is -2.35. The molecule has 2 aliphatic rings. The number of benzene rings is 1. The summed E-state index contributed by atoms with van der Waals surface area (Å²) in [4.78, 5) is 13.0. The fourth-order valence-electron chi connectivity index (χ4n) is 4.53. The number of hydrogen-bond donors (Lipinski definition) is 1. The number of nitrogens with zero attached hydrogens (tertiary/aromatic N) is 3. The average molecular weight is 531 g/mol. The second-order valence-electron chi connectivity index (χ2n) is 9.53. The molecule has 36 heavy (non-hydrogen) atoms. The van der Waals surface area contributed by atoms with Crippen molar-refractivity contribution in [2.75, 3.05) is 6.26 Å². The summed E-state index contributed by atoms with van der Waals surface area (Å²) < 4.78 is 92.4. The van der Waals surface area contributed by atoms with Crippen molar-refractivity contribution in [1.82, 2.24) is 15.1 Å². The molecule has 1 amide bonds. The molecule has 1 aromatic carbocycles. The van der Waals surface area contributed by atoms with Crippen LogP contribution in [0.4, 0.5) is 22.0 Å². The van der Waals surface area contributed by atoms with E-state index in [0.717, 1.165) is 12.5 Å². The van der Waals surface area contributed by atoms with Crippen LogP contribution in [0, 0.1) is 17.2 Å². The van der Waals surface area contributed by atoms with Crippen molar-refractivity contribution < 1.29 is 35.2 Å². The molecule has 1 heterocycles. The molecule has 1 N–H and O–H groups in total. The SMILES string of the molecule is CS(=O)(=O)c1ccc(-c2cn(CC(F)(F)F)nc2C2CCC(F)(F)CC2C(=O)NC2(C#N)CC2)cc1. The van der Waals surface area contributed by atoms with Crippen molar-refractivity contribution in [3.63, 3.8) is 0 Å². The lowest BCUT2D eigenvalue weighted by Crippen LogP contribution is -2.45. The predicted octanol–water partition coefficient (Wildman–Crippen LogP) is 4.21. The lowest BCUT2D eigenvalue weighted by atomic mass is 9.74. The van der Waals surface area contributed by atoms with Crippen molar-refractivity contribution in [2.45, 2.75) is 67.1 Å². The van der Waals surface area contributed by atoms with E-state index in [-0.39, 0.29) is 22.6 Å². The van der Waals surface area contributed by atoms with Crippen molar-refractivity contribution in [3.05, 3.63) is 36.2 Å². The van der Waals surface area contributed by atoms with Gasteiger partial charge in [-0.1, -0.05) is 12.1 Å². The maximum Gasteiger partial charge on any atom is 0.408 e. The summed E-state index contributed by atoms with van der Waals surface area (Å²) in [7, 11) is -3.53. The second kappa shape index (κ2) is 8.83. The molecule has 7 nitrogen and oxygen atoms in total. The van der Waals surface area contributed by atoms with Crippen LogP contribution in [-0.4, -0.2) is 48.0 Å². The molecule has 0 aliphatic heterocycles. The molecule has 0 saturated heterocycles. The molecule has 4 rings (SSSR count). The Morgan fingerprint density at radius 2 is 1.86 bits per heavy atom. The van der Waals surface area contributed by atoms with E-state index in [9.17, 15) is 40.4 Å². The van der Waals surface area contributed by atoms with Crippen LogP contribution in [0.1, 0.15) is 43.7 Å². The number of hydrogen-bond acceptors (Lipinski definition) is 5. The first-order valence-corrected chi connectivity index (χ1v) is 13.1. The van der Waals surface area contributed by atoms with Gasteiger partial charge in [-0.15, -0.1) is 0 Å². The normalized spacial score (nSPS) is 23.0. The van der Waals surface area contributed by atoms with Gasteiger partial charge in [0.25, 0.3) is 0 Å². The number of nitrogens with one attached hydrogen (secondary N) is 1. The summed E-state index contributed by atoms with van der Waals surface area (Å²) >= 11 is 0. The Labute approximate surface area is 204 Å². The van der Waals surface area contributed by atoms with E-state index < -0.39 is 64.6 Å². The standard InChI is InChI=1S/C23H23F5N4O3S/c1-36(34,35)15-4-2-14(3-5-15)18-11-32(13-23(26,27)28)31-19(18)16-6-7-22(24,25)10-17(16)20(33)30-21(12-29)8-9-21/h2-5,11,16-17H,6-10,13H2,1H3,(H,30,33). The first kappa shape index (κ1) is 26.1. The number of amides is 1. The molecule has 2 aromatic rings. The summed E-state index contributed by atoms with van der Waals surface area (Å²) in [6, 6.07) is 7.35. The Hall–Kier alpha value is -3.01. The van der Waals surface area contributed by atoms with Gasteiger partial charge in [-0.3, -0.25) is 9.48 Å². The lowest BCUT2D eigenvalue weighted by molar-refractivity contribution is -0.142. The third-order valence-electron chi connectivity index (χ3n) is 6.56. The van der Waals surface area contributed by atoms with Crippen LogP contribution < -0.4 is 5.32 Å². The summed E-state index contributed by atoms with van der Waals surface area (Å²) in [6.45, 7) is -1.43. The zero-order valence-corrected chi connectivity index (χ0v) is 20.0. The number of sulfone groups is 1. The molecule has 194 valence electrons. The maximum atomic E-state index is 14.4. The van der Waals surface area contributed by atoms with Crippen molar-refractivity contribution in [2.24, 2.45) is 5.92 Å². The van der Waals surface area contributed by atoms with Crippen molar-refractivity contribution in [3.8, 4) is 17.2 Å². The van der Waals surface area contributed by atoms with Crippen LogP contribution in [0.15, 0.2) is 35.4 Å². The van der Waals surface area contributed by atoms with Crippen molar-refractivity contribution >= 4 is 15.7 Å². The fourth-order valence-corrected chi connectivity index (χ4v) is 5.16. The molecule has 0 radical (unpaired) electrons. The van der Waals surface area contributed by atoms with Crippen LogP contribution in [0.3, 0.4) is 0 Å². The van der Waals surface area contributed by atoms with Gasteiger partial charge < -0.3 is 5.32 Å². The summed E-state index contributed by atoms with van der Waals surface area (Å²) in [5, 5.41) is 15.9. The number of carbonyl (C=O) groups excluding carboxylic acids is 1. The van der Waals surface area contributed by atoms with Gasteiger partial charge in [-0.25, -0.2) is 17.2 Å². The maximum absolute atomic E-state index is 14.4. The first-order valence-electron chi connectivity index (χ1n) is 11.2. The highest BCUT2D eigenvalue weighted by atomic mass is 32.2. The highest BCUT2D eigenvalue weighted by Gasteiger charge is 2.51. The molecule has 2 fully saturated rings. The number of carbonyl (C=O) groups is 1. The van der Waals surface area contributed by atoms with Gasteiger partial charge in [-0.05, 0) is 37.0 Å². The largest absolute Gasteiger partial charge is 0.408 e. The molecule has 0 bridgehead atoms. The molecule has 0 spiro atoms. The summed E-state index contributed by atoms with van der Waals surface area (Å²) in [5.41, 5.74) is -0.538. The minimum atomic E-state index is -4.61. The van der Waals surface area contributed by atoms with Gasteiger partial charge in [0.05, 0.1) is 22.6 Å². The van der Waals surface area contributed by atoms with Crippen molar-refractivity contribution in [1.29, 1.82) is 5.26 Å². The highest BCUT2D eigenvalue weighted by Crippen LogP contribution is 2.48.